The molecule has 0 radical (unpaired) electrons. The van der Waals surface area contributed by atoms with Gasteiger partial charge in [0.05, 0.1) is 19.0 Å². The van der Waals surface area contributed by atoms with Gasteiger partial charge in [-0.25, -0.2) is 4.79 Å². The molecule has 9 amide bonds. The summed E-state index contributed by atoms with van der Waals surface area (Å²) >= 11 is 0. The van der Waals surface area contributed by atoms with E-state index < -0.39 is 145 Å². The van der Waals surface area contributed by atoms with E-state index in [4.69, 9.17) is 17.2 Å². The molecule has 3 aromatic rings. The van der Waals surface area contributed by atoms with Gasteiger partial charge in [0.15, 0.2) is 0 Å². The van der Waals surface area contributed by atoms with Crippen molar-refractivity contribution < 1.29 is 63.0 Å². The molecule has 436 valence electrons. The summed E-state index contributed by atoms with van der Waals surface area (Å²) in [6.45, 7) is 6.60. The Hall–Kier alpha value is -8.25. The first-order valence-electron chi connectivity index (χ1n) is 26.7. The summed E-state index contributed by atoms with van der Waals surface area (Å²) in [5, 5.41) is 39.7. The highest BCUT2D eigenvalue weighted by atomic mass is 16.4. The van der Waals surface area contributed by atoms with Gasteiger partial charge < -0.3 is 69.9 Å². The predicted molar refractivity (Wildman–Crippen MR) is 295 cm³/mol. The number of carbonyl (C=O) groups excluding carboxylic acids is 9. The molecule has 24 nitrogen and oxygen atoms in total. The fourth-order valence-electron chi connectivity index (χ4n) is 8.33. The first-order chi connectivity index (χ1) is 38.0. The van der Waals surface area contributed by atoms with E-state index in [0.717, 1.165) is 5.56 Å². The minimum Gasteiger partial charge on any atom is -0.481 e. The van der Waals surface area contributed by atoms with Crippen molar-refractivity contribution >= 4 is 65.1 Å². The summed E-state index contributed by atoms with van der Waals surface area (Å²) < 4.78 is 0. The van der Waals surface area contributed by atoms with Gasteiger partial charge in [-0.15, -0.1) is 0 Å². The molecule has 0 heterocycles. The molecular weight excluding hydrogens is 1030 g/mol. The molecule has 0 spiro atoms. The number of unbranched alkanes of at least 4 members (excludes halogenated alkanes) is 1. The van der Waals surface area contributed by atoms with Gasteiger partial charge >= 0.3 is 11.9 Å². The van der Waals surface area contributed by atoms with Gasteiger partial charge in [-0.05, 0) is 73.6 Å². The lowest BCUT2D eigenvalue weighted by molar-refractivity contribution is -0.143. The van der Waals surface area contributed by atoms with E-state index in [9.17, 15) is 63.0 Å². The first kappa shape index (κ1) is 66.0. The van der Waals surface area contributed by atoms with Crippen LogP contribution in [0.4, 0.5) is 0 Å². The molecule has 0 aliphatic carbocycles. The molecule has 9 atom stereocenters. The molecule has 0 saturated heterocycles. The number of carboxylic acid groups (broad SMARTS) is 2. The Morgan fingerprint density at radius 3 is 1.43 bits per heavy atom. The maximum atomic E-state index is 14.4. The zero-order chi connectivity index (χ0) is 59.3. The average molecular weight is 1110 g/mol. The van der Waals surface area contributed by atoms with Gasteiger partial charge in [-0.2, -0.15) is 0 Å². The summed E-state index contributed by atoms with van der Waals surface area (Å²) in [5.74, 6) is -11.5. The van der Waals surface area contributed by atoms with E-state index in [1.807, 2.05) is 6.07 Å². The van der Waals surface area contributed by atoms with Crippen LogP contribution in [0.5, 0.6) is 0 Å². The number of carboxylic acids is 2. The number of amides is 9. The number of carbonyl (C=O) groups is 11. The predicted octanol–water partition coefficient (Wildman–Crippen LogP) is -0.402. The second-order valence-corrected chi connectivity index (χ2v) is 20.0. The molecule has 0 aliphatic rings. The van der Waals surface area contributed by atoms with Crippen LogP contribution in [0, 0.1) is 11.8 Å². The highest BCUT2D eigenvalue weighted by molar-refractivity contribution is 5.99. The number of hydrogen-bond donors (Lipinski definition) is 13. The molecule has 0 bridgehead atoms. The largest absolute Gasteiger partial charge is 0.481 e. The van der Waals surface area contributed by atoms with Crippen LogP contribution >= 0.6 is 0 Å². The highest BCUT2D eigenvalue weighted by Gasteiger charge is 2.36. The zero-order valence-corrected chi connectivity index (χ0v) is 45.7. The van der Waals surface area contributed by atoms with Crippen LogP contribution in [0.3, 0.4) is 0 Å². The Kier molecular flexibility index (Phi) is 28.6. The van der Waals surface area contributed by atoms with Crippen LogP contribution < -0.4 is 59.7 Å². The molecule has 0 aliphatic heterocycles. The third-order valence-corrected chi connectivity index (χ3v) is 12.9. The number of nitrogens with one attached hydrogen (secondary N) is 8. The van der Waals surface area contributed by atoms with Gasteiger partial charge in [-0.1, -0.05) is 125 Å². The van der Waals surface area contributed by atoms with Gasteiger partial charge in [0.1, 0.15) is 42.3 Å². The Morgan fingerprint density at radius 1 is 0.512 bits per heavy atom. The summed E-state index contributed by atoms with van der Waals surface area (Å²) in [6.07, 6.45) is -0.913. The lowest BCUT2D eigenvalue weighted by atomic mass is 9.96. The minimum atomic E-state index is -1.77. The van der Waals surface area contributed by atoms with E-state index in [2.05, 4.69) is 42.5 Å². The van der Waals surface area contributed by atoms with Crippen molar-refractivity contribution in [2.24, 2.45) is 29.0 Å². The lowest BCUT2D eigenvalue weighted by Gasteiger charge is -2.29. The Bertz CT molecular complexity index is 2540. The van der Waals surface area contributed by atoms with E-state index in [1.54, 1.807) is 113 Å². The molecule has 16 N–H and O–H groups in total. The maximum Gasteiger partial charge on any atom is 0.326 e. The molecule has 80 heavy (non-hydrogen) atoms. The summed E-state index contributed by atoms with van der Waals surface area (Å²) in [4.78, 5) is 147. The molecule has 0 fully saturated rings. The number of aliphatic carboxylic acids is 2. The van der Waals surface area contributed by atoms with Crippen molar-refractivity contribution in [2.75, 3.05) is 13.1 Å². The third kappa shape index (κ3) is 24.2. The van der Waals surface area contributed by atoms with E-state index in [0.29, 0.717) is 30.4 Å². The SMILES string of the molecule is CC[C@H](C)[C@H](NC(=O)[C@H](Cc1ccccc1)NC(=O)CNC(=O)[C@@H](N)Cc1ccccc1)C(=O)N[C@@H](CC(N)=O)C(=O)N[C@@H](Cc1ccccc1)C(=O)N[C@@H](CCC(=O)O)C(=O)N[C@@H](CCCCN)C(=O)N[C@@H](CC(C)C)C(=O)O. The van der Waals surface area contributed by atoms with Crippen LogP contribution in [0.1, 0.15) is 95.8 Å². The molecule has 0 unspecified atom stereocenters. The monoisotopic (exact) mass is 1110 g/mol. The Labute approximate surface area is 465 Å². The molecule has 3 rings (SSSR count). The zero-order valence-electron chi connectivity index (χ0n) is 45.7. The average Bonchev–Trinajstić information content (AvgIpc) is 3.41. The minimum absolute atomic E-state index is 0.00149. The fourth-order valence-corrected chi connectivity index (χ4v) is 8.33. The fraction of sp³-hybridized carbons (Fsp3) is 0.482. The number of nitrogens with two attached hydrogens (primary N) is 3. The first-order valence-corrected chi connectivity index (χ1v) is 26.7. The van der Waals surface area contributed by atoms with Crippen molar-refractivity contribution in [1.29, 1.82) is 0 Å². The number of benzene rings is 3. The molecule has 0 aromatic heterocycles. The number of primary amides is 1. The summed E-state index contributed by atoms with van der Waals surface area (Å²) in [7, 11) is 0. The summed E-state index contributed by atoms with van der Waals surface area (Å²) in [5.41, 5.74) is 19.3. The Morgan fingerprint density at radius 2 is 0.950 bits per heavy atom. The van der Waals surface area contributed by atoms with Crippen molar-refractivity contribution in [3.8, 4) is 0 Å². The lowest BCUT2D eigenvalue weighted by Crippen LogP contribution is -2.61. The Balaban J connectivity index is 1.90. The van der Waals surface area contributed by atoms with Crippen molar-refractivity contribution in [3.63, 3.8) is 0 Å². The quantitative estimate of drug-likeness (QED) is 0.0330. The second-order valence-electron chi connectivity index (χ2n) is 20.0. The molecule has 3 aromatic carbocycles. The normalized spacial score (nSPS) is 14.4. The van der Waals surface area contributed by atoms with Crippen LogP contribution in [0.2, 0.25) is 0 Å². The standard InChI is InChI=1S/C56H79N11O13/c1-5-34(4)48(67-54(77)41(29-36-19-11-7-12-20-36)61-46(69)32-60-49(72)38(58)28-35-17-9-6-10-18-35)55(78)65-43(31-45(59)68)53(76)64-42(30-37-21-13-8-14-22-37)52(75)63-40(24-25-47(70)71)51(74)62-39(23-15-16-26-57)50(73)66-44(56(79)80)27-33(2)3/h6-14,17-22,33-34,38-44,48H,5,15-16,23-32,57-58H2,1-4H3,(H2,59,68)(H,60,72)(H,61,69)(H,62,74)(H,63,75)(H,64,76)(H,65,78)(H,66,73)(H,67,77)(H,70,71)(H,79,80)/t34-,38-,39-,40-,41-,42-,43-,44-,48-/m0/s1. The van der Waals surface area contributed by atoms with Gasteiger partial charge in [0.25, 0.3) is 0 Å². The van der Waals surface area contributed by atoms with Crippen molar-refractivity contribution in [3.05, 3.63) is 108 Å². The van der Waals surface area contributed by atoms with E-state index >= 15 is 0 Å². The summed E-state index contributed by atoms with van der Waals surface area (Å²) in [6, 6.07) is 14.6. The highest BCUT2D eigenvalue weighted by Crippen LogP contribution is 2.14. The van der Waals surface area contributed by atoms with Crippen LogP contribution in [0.25, 0.3) is 0 Å². The van der Waals surface area contributed by atoms with Gasteiger partial charge in [0.2, 0.25) is 53.2 Å². The van der Waals surface area contributed by atoms with Crippen LogP contribution in [-0.2, 0) is 72.0 Å². The second kappa shape index (κ2) is 34.6. The van der Waals surface area contributed by atoms with Gasteiger partial charge in [0, 0.05) is 19.3 Å². The third-order valence-electron chi connectivity index (χ3n) is 12.9. The van der Waals surface area contributed by atoms with Crippen LogP contribution in [0.15, 0.2) is 91.0 Å². The molecule has 24 heteroatoms. The molecule has 0 saturated carbocycles. The smallest absolute Gasteiger partial charge is 0.326 e. The molecular formula is C56H79N11O13. The van der Waals surface area contributed by atoms with Crippen molar-refractivity contribution in [2.45, 2.75) is 147 Å². The van der Waals surface area contributed by atoms with Crippen LogP contribution in [-0.4, -0.2) is 137 Å². The topological polar surface area (TPSA) is 403 Å². The number of rotatable bonds is 36. The van der Waals surface area contributed by atoms with Crippen molar-refractivity contribution in [1.82, 2.24) is 42.5 Å². The number of hydrogen-bond acceptors (Lipinski definition) is 13. The van der Waals surface area contributed by atoms with E-state index in [1.165, 1.54) is 0 Å². The maximum absolute atomic E-state index is 14.4. The van der Waals surface area contributed by atoms with Gasteiger partial charge in [-0.3, -0.25) is 47.9 Å². The van der Waals surface area contributed by atoms with E-state index in [-0.39, 0.29) is 44.6 Å².